The summed E-state index contributed by atoms with van der Waals surface area (Å²) in [6.45, 7) is 10.2. The first kappa shape index (κ1) is 18.3. The Labute approximate surface area is 156 Å². The van der Waals surface area contributed by atoms with Crippen LogP contribution < -0.4 is 0 Å². The minimum absolute atomic E-state index is 0.157. The predicted molar refractivity (Wildman–Crippen MR) is 95.4 cm³/mol. The number of carbonyl (C=O) groups is 2. The lowest BCUT2D eigenvalue weighted by atomic mass is 9.66. The Morgan fingerprint density at radius 1 is 1.15 bits per heavy atom. The lowest BCUT2D eigenvalue weighted by molar-refractivity contribution is -0.189. The Morgan fingerprint density at radius 3 is 2.42 bits per heavy atom. The van der Waals surface area contributed by atoms with E-state index in [1.807, 2.05) is 20.8 Å². The number of unbranched alkanes of at least 4 members (excludes halogenated alkanes) is 2. The number of ether oxygens (including phenoxy) is 3. The molecule has 5 nitrogen and oxygen atoms in total. The standard InChI is InChI=1S/C21H32O5/c1-6-7-8-10-20-14(9-11-19(20,5)26-20)24-16(23)21-13-12-18(4,15(22)25-21)17(21,2)3/h14H,6-13H2,1-5H3/t14-,18?,19+,20-,21?/m0/s1. The lowest BCUT2D eigenvalue weighted by Crippen LogP contribution is -2.51. The van der Waals surface area contributed by atoms with E-state index in [-0.39, 0.29) is 29.2 Å². The van der Waals surface area contributed by atoms with Crippen LogP contribution >= 0.6 is 0 Å². The third-order valence-corrected chi connectivity index (χ3v) is 8.48. The normalized spacial score (nSPS) is 47.6. The largest absolute Gasteiger partial charge is 0.456 e. The molecule has 4 rings (SSSR count). The Kier molecular flexibility index (Phi) is 3.68. The predicted octanol–water partition coefficient (Wildman–Crippen LogP) is 3.92. The van der Waals surface area contributed by atoms with Gasteiger partial charge >= 0.3 is 11.9 Å². The van der Waals surface area contributed by atoms with Crippen molar-refractivity contribution in [2.45, 2.75) is 109 Å². The van der Waals surface area contributed by atoms with Crippen LogP contribution in [0.4, 0.5) is 0 Å². The fraction of sp³-hybridized carbons (Fsp3) is 0.905. The monoisotopic (exact) mass is 364 g/mol. The summed E-state index contributed by atoms with van der Waals surface area (Å²) in [7, 11) is 0. The molecule has 0 spiro atoms. The first-order valence-corrected chi connectivity index (χ1v) is 10.2. The maximum atomic E-state index is 13.3. The SMILES string of the molecule is CCCCC[C@@]12O[C@]1(C)CC[C@@H]2OC(=O)C12CCC(C)(C(=O)O1)C2(C)C. The van der Waals surface area contributed by atoms with Crippen LogP contribution in [-0.4, -0.2) is 34.8 Å². The molecule has 5 heteroatoms. The van der Waals surface area contributed by atoms with Gasteiger partial charge in [-0.15, -0.1) is 0 Å². The van der Waals surface area contributed by atoms with Crippen molar-refractivity contribution in [3.63, 3.8) is 0 Å². The van der Waals surface area contributed by atoms with E-state index >= 15 is 0 Å². The summed E-state index contributed by atoms with van der Waals surface area (Å²) in [5, 5.41) is 0. The molecule has 2 saturated carbocycles. The van der Waals surface area contributed by atoms with Gasteiger partial charge < -0.3 is 14.2 Å². The van der Waals surface area contributed by atoms with Gasteiger partial charge in [-0.3, -0.25) is 4.79 Å². The van der Waals surface area contributed by atoms with Crippen LogP contribution in [0.25, 0.3) is 0 Å². The van der Waals surface area contributed by atoms with E-state index in [4.69, 9.17) is 14.2 Å². The van der Waals surface area contributed by atoms with E-state index < -0.39 is 16.4 Å². The van der Waals surface area contributed by atoms with Gasteiger partial charge in [0.25, 0.3) is 0 Å². The topological polar surface area (TPSA) is 65.1 Å². The van der Waals surface area contributed by atoms with E-state index in [1.165, 1.54) is 0 Å². The summed E-state index contributed by atoms with van der Waals surface area (Å²) in [5.74, 6) is -0.626. The summed E-state index contributed by atoms with van der Waals surface area (Å²) < 4.78 is 17.9. The van der Waals surface area contributed by atoms with Crippen molar-refractivity contribution in [2.24, 2.45) is 10.8 Å². The van der Waals surface area contributed by atoms with Gasteiger partial charge in [-0.1, -0.05) is 40.0 Å². The zero-order valence-corrected chi connectivity index (χ0v) is 16.8. The van der Waals surface area contributed by atoms with E-state index in [1.54, 1.807) is 0 Å². The molecular weight excluding hydrogens is 332 g/mol. The Morgan fingerprint density at radius 2 is 1.88 bits per heavy atom. The van der Waals surface area contributed by atoms with E-state index in [9.17, 15) is 9.59 Å². The Hall–Kier alpha value is -1.10. The van der Waals surface area contributed by atoms with Gasteiger partial charge in [0.15, 0.2) is 0 Å². The van der Waals surface area contributed by atoms with Crippen LogP contribution in [0, 0.1) is 10.8 Å². The summed E-state index contributed by atoms with van der Waals surface area (Å²) in [4.78, 5) is 25.7. The zero-order chi connectivity index (χ0) is 19.0. The number of rotatable bonds is 6. The molecule has 0 aromatic rings. The van der Waals surface area contributed by atoms with Gasteiger partial charge in [0.2, 0.25) is 5.60 Å². The van der Waals surface area contributed by atoms with E-state index in [0.29, 0.717) is 12.8 Å². The summed E-state index contributed by atoms with van der Waals surface area (Å²) in [6, 6.07) is 0. The van der Waals surface area contributed by atoms with Crippen LogP contribution in [0.5, 0.6) is 0 Å². The molecule has 26 heavy (non-hydrogen) atoms. The minimum atomic E-state index is -1.14. The molecule has 2 unspecified atom stereocenters. The molecule has 0 aromatic heterocycles. The number of epoxide rings is 1. The molecule has 5 atom stereocenters. The number of hydrogen-bond donors (Lipinski definition) is 0. The van der Waals surface area contributed by atoms with Crippen molar-refractivity contribution < 1.29 is 23.8 Å². The molecule has 4 fully saturated rings. The highest BCUT2D eigenvalue weighted by molar-refractivity contribution is 5.93. The molecule has 2 saturated heterocycles. The number of esters is 2. The third kappa shape index (κ3) is 1.91. The van der Waals surface area contributed by atoms with Crippen LogP contribution in [-0.2, 0) is 23.8 Å². The summed E-state index contributed by atoms with van der Waals surface area (Å²) >= 11 is 0. The van der Waals surface area contributed by atoms with Crippen LogP contribution in [0.2, 0.25) is 0 Å². The van der Waals surface area contributed by atoms with Crippen molar-refractivity contribution in [2.75, 3.05) is 0 Å². The summed E-state index contributed by atoms with van der Waals surface area (Å²) in [5.41, 5.74) is -2.79. The fourth-order valence-corrected chi connectivity index (χ4v) is 5.88. The van der Waals surface area contributed by atoms with Crippen molar-refractivity contribution in [1.82, 2.24) is 0 Å². The van der Waals surface area contributed by atoms with Crippen molar-refractivity contribution >= 4 is 11.9 Å². The molecule has 2 aliphatic heterocycles. The number of hydrogen-bond acceptors (Lipinski definition) is 5. The van der Waals surface area contributed by atoms with Gasteiger partial charge in [-0.05, 0) is 46.0 Å². The van der Waals surface area contributed by atoms with Crippen molar-refractivity contribution in [1.29, 1.82) is 0 Å². The lowest BCUT2D eigenvalue weighted by Gasteiger charge is -2.36. The average Bonchev–Trinajstić information content (AvgIpc) is 2.95. The highest BCUT2D eigenvalue weighted by Gasteiger charge is 2.79. The van der Waals surface area contributed by atoms with Crippen molar-refractivity contribution in [3.05, 3.63) is 0 Å². The molecule has 2 heterocycles. The highest BCUT2D eigenvalue weighted by Crippen LogP contribution is 2.67. The average molecular weight is 364 g/mol. The molecule has 0 aromatic carbocycles. The van der Waals surface area contributed by atoms with Gasteiger partial charge in [-0.2, -0.15) is 0 Å². The zero-order valence-electron chi connectivity index (χ0n) is 16.8. The van der Waals surface area contributed by atoms with Crippen molar-refractivity contribution in [3.8, 4) is 0 Å². The molecule has 2 aliphatic carbocycles. The van der Waals surface area contributed by atoms with Crippen LogP contribution in [0.1, 0.15) is 86.0 Å². The Bertz CT molecular complexity index is 657. The molecule has 0 radical (unpaired) electrons. The molecule has 0 N–H and O–H groups in total. The summed E-state index contributed by atoms with van der Waals surface area (Å²) in [6.07, 6.45) is 7.09. The minimum Gasteiger partial charge on any atom is -0.456 e. The number of carbonyl (C=O) groups excluding carboxylic acids is 2. The van der Waals surface area contributed by atoms with Gasteiger partial charge in [0.05, 0.1) is 11.0 Å². The van der Waals surface area contributed by atoms with Crippen LogP contribution in [0.3, 0.4) is 0 Å². The van der Waals surface area contributed by atoms with E-state index in [0.717, 1.165) is 38.5 Å². The maximum absolute atomic E-state index is 13.3. The molecule has 2 bridgehead atoms. The molecule has 146 valence electrons. The number of fused-ring (bicyclic) bond motifs is 3. The Balaban J connectivity index is 1.53. The van der Waals surface area contributed by atoms with Crippen LogP contribution in [0.15, 0.2) is 0 Å². The van der Waals surface area contributed by atoms with Gasteiger partial charge in [0.1, 0.15) is 11.7 Å². The molecule has 0 amide bonds. The second-order valence-corrected chi connectivity index (χ2v) is 9.79. The first-order chi connectivity index (χ1) is 12.1. The smallest absolute Gasteiger partial charge is 0.351 e. The fourth-order valence-electron chi connectivity index (χ4n) is 5.88. The highest BCUT2D eigenvalue weighted by atomic mass is 16.7. The second-order valence-electron chi connectivity index (χ2n) is 9.79. The molecular formula is C21H32O5. The van der Waals surface area contributed by atoms with Gasteiger partial charge in [-0.25, -0.2) is 4.79 Å². The van der Waals surface area contributed by atoms with Gasteiger partial charge in [0, 0.05) is 5.41 Å². The third-order valence-electron chi connectivity index (χ3n) is 8.48. The van der Waals surface area contributed by atoms with E-state index in [2.05, 4.69) is 13.8 Å². The second kappa shape index (κ2) is 5.24. The first-order valence-electron chi connectivity index (χ1n) is 10.2. The molecule has 4 aliphatic rings. The quantitative estimate of drug-likeness (QED) is 0.406. The maximum Gasteiger partial charge on any atom is 0.351 e.